The highest BCUT2D eigenvalue weighted by Gasteiger charge is 2.29. The summed E-state index contributed by atoms with van der Waals surface area (Å²) in [5.74, 6) is -0.110. The number of carbonyl (C=O) groups is 1. The molecular weight excluding hydrogens is 308 g/mol. The van der Waals surface area contributed by atoms with Crippen molar-refractivity contribution in [3.63, 3.8) is 0 Å². The van der Waals surface area contributed by atoms with E-state index in [0.29, 0.717) is 13.0 Å². The molecule has 2 rings (SSSR count). The molecule has 0 saturated carbocycles. The number of aliphatic hydroxyl groups is 1. The second-order valence-electron chi connectivity index (χ2n) is 3.95. The second-order valence-corrected chi connectivity index (χ2v) is 6.18. The fourth-order valence-corrected chi connectivity index (χ4v) is 2.98. The number of anilines is 1. The summed E-state index contributed by atoms with van der Waals surface area (Å²) >= 11 is 4.69. The Hall–Kier alpha value is -0.730. The van der Waals surface area contributed by atoms with Crippen molar-refractivity contribution < 1.29 is 9.90 Å². The van der Waals surface area contributed by atoms with Gasteiger partial charge >= 0.3 is 0 Å². The molecule has 1 saturated heterocycles. The van der Waals surface area contributed by atoms with Gasteiger partial charge in [0.2, 0.25) is 11.0 Å². The van der Waals surface area contributed by atoms with E-state index in [1.54, 1.807) is 0 Å². The maximum Gasteiger partial charge on any atom is 0.217 e. The quantitative estimate of drug-likeness (QED) is 0.823. The van der Waals surface area contributed by atoms with E-state index < -0.39 is 6.10 Å². The average Bonchev–Trinajstić information content (AvgIpc) is 2.67. The number of nitrogens with one attached hydrogen (secondary N) is 1. The SMILES string of the molecule is CC(=O)N[C@H]1CCN(c2nnc(Br)s2)C[C@H]1O. The van der Waals surface area contributed by atoms with Crippen LogP contribution in [0.3, 0.4) is 0 Å². The van der Waals surface area contributed by atoms with Gasteiger partial charge < -0.3 is 15.3 Å². The zero-order valence-corrected chi connectivity index (χ0v) is 11.7. The number of piperidine rings is 1. The number of β-amino-alcohol motifs (C(OH)–C–C–N with tert-alkyl or cyclic N) is 1. The summed E-state index contributed by atoms with van der Waals surface area (Å²) in [5.41, 5.74) is 0. The van der Waals surface area contributed by atoms with E-state index in [0.717, 1.165) is 15.6 Å². The van der Waals surface area contributed by atoms with Gasteiger partial charge in [0.1, 0.15) is 0 Å². The zero-order valence-electron chi connectivity index (χ0n) is 9.26. The van der Waals surface area contributed by atoms with Gasteiger partial charge in [0, 0.05) is 20.0 Å². The van der Waals surface area contributed by atoms with Gasteiger partial charge in [-0.15, -0.1) is 10.2 Å². The Morgan fingerprint density at radius 2 is 2.41 bits per heavy atom. The first-order valence-electron chi connectivity index (χ1n) is 5.25. The Kier molecular flexibility index (Phi) is 3.95. The Morgan fingerprint density at radius 3 is 2.94 bits per heavy atom. The van der Waals surface area contributed by atoms with E-state index in [2.05, 4.69) is 31.4 Å². The van der Waals surface area contributed by atoms with Crippen LogP contribution in [0.1, 0.15) is 13.3 Å². The molecule has 8 heteroatoms. The summed E-state index contributed by atoms with van der Waals surface area (Å²) in [6, 6.07) is -0.167. The molecule has 0 aromatic carbocycles. The molecule has 2 N–H and O–H groups in total. The van der Waals surface area contributed by atoms with Gasteiger partial charge in [-0.25, -0.2) is 0 Å². The van der Waals surface area contributed by atoms with Crippen molar-refractivity contribution in [3.05, 3.63) is 3.92 Å². The molecule has 94 valence electrons. The minimum Gasteiger partial charge on any atom is -0.389 e. The smallest absolute Gasteiger partial charge is 0.217 e. The molecule has 1 fully saturated rings. The zero-order chi connectivity index (χ0) is 12.4. The third kappa shape index (κ3) is 3.14. The number of rotatable bonds is 2. The Bertz CT molecular complexity index is 413. The number of hydrogen-bond donors (Lipinski definition) is 2. The van der Waals surface area contributed by atoms with Crippen LogP contribution in [0.25, 0.3) is 0 Å². The molecular formula is C9H13BrN4O2S. The lowest BCUT2D eigenvalue weighted by Crippen LogP contribution is -2.53. The normalized spacial score (nSPS) is 24.8. The molecule has 0 aliphatic carbocycles. The third-order valence-electron chi connectivity index (χ3n) is 2.63. The first-order chi connectivity index (χ1) is 8.06. The molecule has 1 aliphatic rings. The largest absolute Gasteiger partial charge is 0.389 e. The standard InChI is InChI=1S/C9H13BrN4O2S/c1-5(15)11-6-2-3-14(4-7(6)16)9-13-12-8(10)17-9/h6-7,16H,2-4H2,1H3,(H,11,15)/t6-,7+/m0/s1. The summed E-state index contributed by atoms with van der Waals surface area (Å²) < 4.78 is 0.728. The van der Waals surface area contributed by atoms with Crippen molar-refractivity contribution >= 4 is 38.3 Å². The van der Waals surface area contributed by atoms with Crippen LogP contribution in [0.5, 0.6) is 0 Å². The second kappa shape index (κ2) is 5.28. The maximum atomic E-state index is 11.0. The number of halogens is 1. The van der Waals surface area contributed by atoms with Crippen LogP contribution in [0.4, 0.5) is 5.13 Å². The van der Waals surface area contributed by atoms with Crippen LogP contribution in [0.15, 0.2) is 3.92 Å². The lowest BCUT2D eigenvalue weighted by Gasteiger charge is -2.35. The molecule has 1 aliphatic heterocycles. The van der Waals surface area contributed by atoms with Gasteiger partial charge in [0.25, 0.3) is 0 Å². The summed E-state index contributed by atoms with van der Waals surface area (Å²) in [6.07, 6.45) is 0.133. The number of amides is 1. The van der Waals surface area contributed by atoms with Gasteiger partial charge in [-0.3, -0.25) is 4.79 Å². The minimum atomic E-state index is -0.574. The third-order valence-corrected chi connectivity index (χ3v) is 4.05. The van der Waals surface area contributed by atoms with Gasteiger partial charge in [-0.1, -0.05) is 11.3 Å². The molecule has 2 atom stereocenters. The molecule has 1 aromatic heterocycles. The molecule has 0 bridgehead atoms. The van der Waals surface area contributed by atoms with E-state index in [-0.39, 0.29) is 11.9 Å². The van der Waals surface area contributed by atoms with Crippen molar-refractivity contribution in [2.75, 3.05) is 18.0 Å². The maximum absolute atomic E-state index is 11.0. The van der Waals surface area contributed by atoms with E-state index in [1.807, 2.05) is 4.90 Å². The number of nitrogens with zero attached hydrogens (tertiary/aromatic N) is 3. The minimum absolute atomic E-state index is 0.110. The monoisotopic (exact) mass is 320 g/mol. The molecule has 17 heavy (non-hydrogen) atoms. The Labute approximate surface area is 111 Å². The molecule has 1 aromatic rings. The average molecular weight is 321 g/mol. The van der Waals surface area contributed by atoms with Crippen LogP contribution in [0, 0.1) is 0 Å². The predicted molar refractivity (Wildman–Crippen MR) is 68.1 cm³/mol. The van der Waals surface area contributed by atoms with Gasteiger partial charge in [0.15, 0.2) is 3.92 Å². The first-order valence-corrected chi connectivity index (χ1v) is 6.86. The molecule has 0 unspecified atom stereocenters. The van der Waals surface area contributed by atoms with Gasteiger partial charge in [-0.05, 0) is 22.4 Å². The van der Waals surface area contributed by atoms with Crippen molar-refractivity contribution in [1.82, 2.24) is 15.5 Å². The van der Waals surface area contributed by atoms with E-state index in [1.165, 1.54) is 18.3 Å². The number of aromatic nitrogens is 2. The molecule has 0 spiro atoms. The number of hydrogen-bond acceptors (Lipinski definition) is 6. The summed E-state index contributed by atoms with van der Waals surface area (Å²) in [6.45, 7) is 2.68. The molecule has 0 radical (unpaired) electrons. The van der Waals surface area contributed by atoms with Crippen molar-refractivity contribution in [2.45, 2.75) is 25.5 Å². The van der Waals surface area contributed by atoms with Crippen LogP contribution in [0.2, 0.25) is 0 Å². The summed E-state index contributed by atoms with van der Waals surface area (Å²) in [4.78, 5) is 12.9. The van der Waals surface area contributed by atoms with E-state index in [9.17, 15) is 9.90 Å². The van der Waals surface area contributed by atoms with Crippen molar-refractivity contribution in [1.29, 1.82) is 0 Å². The molecule has 6 nitrogen and oxygen atoms in total. The fourth-order valence-electron chi connectivity index (χ4n) is 1.86. The summed E-state index contributed by atoms with van der Waals surface area (Å²) in [5, 5.41) is 21.4. The topological polar surface area (TPSA) is 78.4 Å². The van der Waals surface area contributed by atoms with Crippen LogP contribution < -0.4 is 10.2 Å². The van der Waals surface area contributed by atoms with E-state index >= 15 is 0 Å². The lowest BCUT2D eigenvalue weighted by atomic mass is 10.0. The Morgan fingerprint density at radius 1 is 1.65 bits per heavy atom. The van der Waals surface area contributed by atoms with Crippen molar-refractivity contribution in [3.8, 4) is 0 Å². The van der Waals surface area contributed by atoms with Crippen LogP contribution in [-0.4, -0.2) is 46.4 Å². The number of aliphatic hydroxyl groups excluding tert-OH is 1. The highest BCUT2D eigenvalue weighted by Crippen LogP contribution is 2.26. The molecule has 2 heterocycles. The van der Waals surface area contributed by atoms with Crippen molar-refractivity contribution in [2.24, 2.45) is 0 Å². The predicted octanol–water partition coefficient (Wildman–Crippen LogP) is 0.376. The summed E-state index contributed by atoms with van der Waals surface area (Å²) in [7, 11) is 0. The van der Waals surface area contributed by atoms with Gasteiger partial charge in [0.05, 0.1) is 12.1 Å². The first kappa shape index (κ1) is 12.7. The lowest BCUT2D eigenvalue weighted by molar-refractivity contribution is -0.120. The fraction of sp³-hybridized carbons (Fsp3) is 0.667. The highest BCUT2D eigenvalue weighted by molar-refractivity contribution is 9.11. The van der Waals surface area contributed by atoms with Crippen LogP contribution >= 0.6 is 27.3 Å². The van der Waals surface area contributed by atoms with Gasteiger partial charge in [-0.2, -0.15) is 0 Å². The highest BCUT2D eigenvalue weighted by atomic mass is 79.9. The van der Waals surface area contributed by atoms with Crippen LogP contribution in [-0.2, 0) is 4.79 Å². The number of carbonyl (C=O) groups excluding carboxylic acids is 1. The van der Waals surface area contributed by atoms with E-state index in [4.69, 9.17) is 0 Å². The molecule has 1 amide bonds. The Balaban J connectivity index is 1.97.